The van der Waals surface area contributed by atoms with E-state index in [1.165, 1.54) is 18.9 Å². The SMILES string of the molecule is O=C(/C=C/c1ccccc1)Nc1ccc(C(=O)N2CCCCCC2)cc1. The summed E-state index contributed by atoms with van der Waals surface area (Å²) in [6.45, 7) is 1.67. The summed E-state index contributed by atoms with van der Waals surface area (Å²) in [7, 11) is 0. The molecule has 0 bridgehead atoms. The first-order valence-corrected chi connectivity index (χ1v) is 9.16. The van der Waals surface area contributed by atoms with E-state index < -0.39 is 0 Å². The maximum Gasteiger partial charge on any atom is 0.253 e. The van der Waals surface area contributed by atoms with Crippen molar-refractivity contribution in [2.75, 3.05) is 18.4 Å². The van der Waals surface area contributed by atoms with Gasteiger partial charge < -0.3 is 10.2 Å². The molecule has 0 radical (unpaired) electrons. The highest BCUT2D eigenvalue weighted by Crippen LogP contribution is 2.15. The Hall–Kier alpha value is -2.88. The number of nitrogens with one attached hydrogen (secondary N) is 1. The molecule has 2 amide bonds. The van der Waals surface area contributed by atoms with Gasteiger partial charge in [0.15, 0.2) is 0 Å². The van der Waals surface area contributed by atoms with E-state index in [4.69, 9.17) is 0 Å². The Balaban J connectivity index is 1.57. The second-order valence-corrected chi connectivity index (χ2v) is 6.52. The van der Waals surface area contributed by atoms with Crippen molar-refractivity contribution in [3.05, 3.63) is 71.8 Å². The van der Waals surface area contributed by atoms with Gasteiger partial charge in [-0.3, -0.25) is 9.59 Å². The van der Waals surface area contributed by atoms with E-state index in [2.05, 4.69) is 5.32 Å². The molecule has 4 nitrogen and oxygen atoms in total. The monoisotopic (exact) mass is 348 g/mol. The lowest BCUT2D eigenvalue weighted by Crippen LogP contribution is -2.31. The Morgan fingerprint density at radius 1 is 0.846 bits per heavy atom. The zero-order chi connectivity index (χ0) is 18.2. The van der Waals surface area contributed by atoms with Crippen LogP contribution in [0.4, 0.5) is 5.69 Å². The van der Waals surface area contributed by atoms with Crippen LogP contribution in [-0.2, 0) is 4.79 Å². The Kier molecular flexibility index (Phi) is 6.20. The van der Waals surface area contributed by atoms with Crippen LogP contribution in [0.5, 0.6) is 0 Å². The van der Waals surface area contributed by atoms with Gasteiger partial charge in [-0.15, -0.1) is 0 Å². The fourth-order valence-electron chi connectivity index (χ4n) is 3.07. The molecule has 1 fully saturated rings. The smallest absolute Gasteiger partial charge is 0.253 e. The van der Waals surface area contributed by atoms with Crippen molar-refractivity contribution in [1.29, 1.82) is 0 Å². The third-order valence-electron chi connectivity index (χ3n) is 4.52. The van der Waals surface area contributed by atoms with Crippen molar-refractivity contribution in [3.63, 3.8) is 0 Å². The Morgan fingerprint density at radius 3 is 2.15 bits per heavy atom. The quantitative estimate of drug-likeness (QED) is 0.835. The molecule has 0 atom stereocenters. The van der Waals surface area contributed by atoms with E-state index >= 15 is 0 Å². The van der Waals surface area contributed by atoms with E-state index in [1.807, 2.05) is 35.2 Å². The summed E-state index contributed by atoms with van der Waals surface area (Å²) >= 11 is 0. The number of rotatable bonds is 4. The van der Waals surface area contributed by atoms with Gasteiger partial charge in [0.2, 0.25) is 5.91 Å². The van der Waals surface area contributed by atoms with E-state index in [-0.39, 0.29) is 11.8 Å². The Labute approximate surface area is 154 Å². The molecule has 134 valence electrons. The number of anilines is 1. The van der Waals surface area contributed by atoms with Gasteiger partial charge in [-0.05, 0) is 48.7 Å². The minimum Gasteiger partial charge on any atom is -0.339 e. The standard InChI is InChI=1S/C22H24N2O2/c25-21(15-10-18-8-4-3-5-9-18)23-20-13-11-19(12-14-20)22(26)24-16-6-1-2-7-17-24/h3-5,8-15H,1-2,6-7,16-17H2,(H,23,25)/b15-10+. The fraction of sp³-hybridized carbons (Fsp3) is 0.273. The van der Waals surface area contributed by atoms with Gasteiger partial charge in [-0.2, -0.15) is 0 Å². The van der Waals surface area contributed by atoms with Crippen LogP contribution in [0.15, 0.2) is 60.7 Å². The molecule has 0 aromatic heterocycles. The van der Waals surface area contributed by atoms with Crippen LogP contribution < -0.4 is 5.32 Å². The van der Waals surface area contributed by atoms with Crippen LogP contribution in [0.1, 0.15) is 41.6 Å². The molecule has 1 saturated heterocycles. The van der Waals surface area contributed by atoms with Crippen molar-refractivity contribution in [2.24, 2.45) is 0 Å². The van der Waals surface area contributed by atoms with Gasteiger partial charge in [0.05, 0.1) is 0 Å². The number of hydrogen-bond donors (Lipinski definition) is 1. The van der Waals surface area contributed by atoms with Crippen LogP contribution in [0.3, 0.4) is 0 Å². The normalized spacial score (nSPS) is 14.8. The first-order valence-electron chi connectivity index (χ1n) is 9.16. The number of nitrogens with zero attached hydrogens (tertiary/aromatic N) is 1. The lowest BCUT2D eigenvalue weighted by atomic mass is 10.1. The maximum absolute atomic E-state index is 12.6. The van der Waals surface area contributed by atoms with Gasteiger partial charge >= 0.3 is 0 Å². The van der Waals surface area contributed by atoms with Crippen molar-refractivity contribution in [2.45, 2.75) is 25.7 Å². The molecule has 1 aliphatic rings. The first kappa shape index (κ1) is 17.9. The zero-order valence-corrected chi connectivity index (χ0v) is 14.9. The molecule has 26 heavy (non-hydrogen) atoms. The molecular weight excluding hydrogens is 324 g/mol. The fourth-order valence-corrected chi connectivity index (χ4v) is 3.07. The topological polar surface area (TPSA) is 49.4 Å². The van der Waals surface area contributed by atoms with Crippen LogP contribution in [0.2, 0.25) is 0 Å². The summed E-state index contributed by atoms with van der Waals surface area (Å²) < 4.78 is 0. The average Bonchev–Trinajstić information content (AvgIpc) is 2.97. The van der Waals surface area contributed by atoms with E-state index in [1.54, 1.807) is 30.3 Å². The molecular formula is C22H24N2O2. The molecule has 2 aromatic carbocycles. The predicted octanol–water partition coefficient (Wildman–Crippen LogP) is 4.35. The van der Waals surface area contributed by atoms with Gasteiger partial charge in [0.1, 0.15) is 0 Å². The molecule has 4 heteroatoms. The number of amides is 2. The van der Waals surface area contributed by atoms with Crippen molar-refractivity contribution in [3.8, 4) is 0 Å². The minimum absolute atomic E-state index is 0.0775. The molecule has 1 aliphatic heterocycles. The van der Waals surface area contributed by atoms with E-state index in [0.29, 0.717) is 11.3 Å². The van der Waals surface area contributed by atoms with Gasteiger partial charge in [-0.1, -0.05) is 43.2 Å². The van der Waals surface area contributed by atoms with Crippen LogP contribution in [0.25, 0.3) is 6.08 Å². The number of carbonyl (C=O) groups is 2. The lowest BCUT2D eigenvalue weighted by Gasteiger charge is -2.20. The third kappa shape index (κ3) is 5.06. The molecule has 2 aromatic rings. The molecule has 0 unspecified atom stereocenters. The lowest BCUT2D eigenvalue weighted by molar-refractivity contribution is -0.111. The van der Waals surface area contributed by atoms with Crippen molar-refractivity contribution < 1.29 is 9.59 Å². The second-order valence-electron chi connectivity index (χ2n) is 6.52. The highest BCUT2D eigenvalue weighted by molar-refractivity contribution is 6.02. The molecule has 0 spiro atoms. The first-order chi connectivity index (χ1) is 12.7. The van der Waals surface area contributed by atoms with Crippen molar-refractivity contribution >= 4 is 23.6 Å². The van der Waals surface area contributed by atoms with Gasteiger partial charge in [0, 0.05) is 30.4 Å². The highest BCUT2D eigenvalue weighted by atomic mass is 16.2. The van der Waals surface area contributed by atoms with Gasteiger partial charge in [0.25, 0.3) is 5.91 Å². The summed E-state index contributed by atoms with van der Waals surface area (Å²) in [6, 6.07) is 16.8. The summed E-state index contributed by atoms with van der Waals surface area (Å²) in [5.41, 5.74) is 2.32. The third-order valence-corrected chi connectivity index (χ3v) is 4.52. The zero-order valence-electron chi connectivity index (χ0n) is 14.9. The second kappa shape index (κ2) is 8.99. The maximum atomic E-state index is 12.6. The predicted molar refractivity (Wildman–Crippen MR) is 105 cm³/mol. The number of hydrogen-bond acceptors (Lipinski definition) is 2. The molecule has 1 N–H and O–H groups in total. The number of benzene rings is 2. The van der Waals surface area contributed by atoms with E-state index in [0.717, 1.165) is 31.5 Å². The Morgan fingerprint density at radius 2 is 1.50 bits per heavy atom. The van der Waals surface area contributed by atoms with Crippen LogP contribution in [0, 0.1) is 0 Å². The van der Waals surface area contributed by atoms with Crippen LogP contribution in [-0.4, -0.2) is 29.8 Å². The van der Waals surface area contributed by atoms with E-state index in [9.17, 15) is 9.59 Å². The number of carbonyl (C=O) groups excluding carboxylic acids is 2. The molecule has 1 heterocycles. The summed E-state index contributed by atoms with van der Waals surface area (Å²) in [5, 5.41) is 2.82. The summed E-state index contributed by atoms with van der Waals surface area (Å²) in [4.78, 5) is 26.5. The van der Waals surface area contributed by atoms with Crippen molar-refractivity contribution in [1.82, 2.24) is 4.90 Å². The van der Waals surface area contributed by atoms with Gasteiger partial charge in [-0.25, -0.2) is 0 Å². The van der Waals surface area contributed by atoms with Crippen LogP contribution >= 0.6 is 0 Å². The highest BCUT2D eigenvalue weighted by Gasteiger charge is 2.17. The minimum atomic E-state index is -0.194. The largest absolute Gasteiger partial charge is 0.339 e. The molecule has 0 aliphatic carbocycles. The summed E-state index contributed by atoms with van der Waals surface area (Å²) in [6.07, 6.45) is 7.83. The number of likely N-dealkylation sites (tertiary alicyclic amines) is 1. The molecule has 3 rings (SSSR count). The molecule has 0 saturated carbocycles. The Bertz CT molecular complexity index is 758. The average molecular weight is 348 g/mol. The summed E-state index contributed by atoms with van der Waals surface area (Å²) in [5.74, 6) is -0.116.